The summed E-state index contributed by atoms with van der Waals surface area (Å²) in [5.41, 5.74) is 10.9. The van der Waals surface area contributed by atoms with Gasteiger partial charge in [-0.05, 0) is 96.0 Å². The van der Waals surface area contributed by atoms with Crippen molar-refractivity contribution in [1.29, 1.82) is 0 Å². The predicted molar refractivity (Wildman–Crippen MR) is 244 cm³/mol. The molecule has 0 bridgehead atoms. The van der Waals surface area contributed by atoms with Crippen molar-refractivity contribution in [2.24, 2.45) is 0 Å². The van der Waals surface area contributed by atoms with Crippen LogP contribution in [0.2, 0.25) is 0 Å². The Hall–Kier alpha value is -7.95. The van der Waals surface area contributed by atoms with Crippen LogP contribution < -0.4 is 0 Å². The second-order valence-electron chi connectivity index (χ2n) is 14.9. The van der Waals surface area contributed by atoms with Crippen LogP contribution in [0, 0.1) is 0 Å². The monoisotopic (exact) mass is 752 g/mol. The summed E-state index contributed by atoms with van der Waals surface area (Å²) in [6, 6.07) is 72.9. The standard InChI is InChI=1S/C55H36N4/c1-4-19-47-38(12-1)15-10-22-48(47)40-26-24-37(25-27-40)43-17-9-18-45(34-43)54-56-53(57-55(58-54)51-23-11-16-39-13-2-5-20-49(39)51)42-30-28-41(29-31-42)52-36-46(59-32-7-8-33-59)35-44-14-3-6-21-50(44)52/h1-36H. The summed E-state index contributed by atoms with van der Waals surface area (Å²) in [4.78, 5) is 15.5. The molecule has 0 radical (unpaired) electrons. The quantitative estimate of drug-likeness (QED) is 0.163. The van der Waals surface area contributed by atoms with E-state index in [2.05, 4.69) is 223 Å². The number of benzene rings is 9. The SMILES string of the molecule is c1cc(-c2ccc(-c3cccc4ccccc34)cc2)cc(-c2nc(-c3ccc(-c4cc(-n5cccc5)cc5ccccc45)cc3)nc(-c3cccc4ccccc34)n2)c1. The molecule has 276 valence electrons. The molecule has 0 atom stereocenters. The molecule has 11 aromatic rings. The highest BCUT2D eigenvalue weighted by molar-refractivity contribution is 5.99. The molecule has 0 aliphatic carbocycles. The van der Waals surface area contributed by atoms with Crippen LogP contribution in [0.5, 0.6) is 0 Å². The van der Waals surface area contributed by atoms with Crippen molar-refractivity contribution < 1.29 is 0 Å². The molecule has 0 amide bonds. The van der Waals surface area contributed by atoms with Gasteiger partial charge >= 0.3 is 0 Å². The molecule has 0 N–H and O–H groups in total. The molecule has 0 aliphatic rings. The van der Waals surface area contributed by atoms with Gasteiger partial charge in [-0.3, -0.25) is 0 Å². The van der Waals surface area contributed by atoms with Crippen molar-refractivity contribution in [2.75, 3.05) is 0 Å². The van der Waals surface area contributed by atoms with E-state index in [-0.39, 0.29) is 0 Å². The van der Waals surface area contributed by atoms with Gasteiger partial charge in [-0.15, -0.1) is 0 Å². The van der Waals surface area contributed by atoms with Crippen LogP contribution in [0.25, 0.3) is 106 Å². The third kappa shape index (κ3) is 6.43. The van der Waals surface area contributed by atoms with Crippen molar-refractivity contribution >= 4 is 32.3 Å². The lowest BCUT2D eigenvalue weighted by Gasteiger charge is -2.13. The molecule has 0 fully saturated rings. The summed E-state index contributed by atoms with van der Waals surface area (Å²) in [5.74, 6) is 1.89. The molecule has 11 rings (SSSR count). The van der Waals surface area contributed by atoms with Crippen molar-refractivity contribution in [1.82, 2.24) is 19.5 Å². The van der Waals surface area contributed by atoms with E-state index in [0.717, 1.165) is 49.8 Å². The van der Waals surface area contributed by atoms with Gasteiger partial charge in [0, 0.05) is 34.8 Å². The molecule has 0 spiro atoms. The van der Waals surface area contributed by atoms with E-state index < -0.39 is 0 Å². The Morgan fingerprint density at radius 2 is 0.746 bits per heavy atom. The van der Waals surface area contributed by atoms with E-state index in [1.54, 1.807) is 0 Å². The molecule has 2 heterocycles. The van der Waals surface area contributed by atoms with Crippen molar-refractivity contribution in [3.05, 3.63) is 219 Å². The van der Waals surface area contributed by atoms with Gasteiger partial charge in [0.05, 0.1) is 0 Å². The minimum Gasteiger partial charge on any atom is -0.324 e. The maximum Gasteiger partial charge on any atom is 0.164 e. The van der Waals surface area contributed by atoms with E-state index in [1.165, 1.54) is 38.2 Å². The zero-order chi connectivity index (χ0) is 39.1. The number of rotatable bonds is 7. The Morgan fingerprint density at radius 1 is 0.271 bits per heavy atom. The van der Waals surface area contributed by atoms with Gasteiger partial charge in [0.15, 0.2) is 17.5 Å². The fraction of sp³-hybridized carbons (Fsp3) is 0. The summed E-state index contributed by atoms with van der Waals surface area (Å²) in [6.07, 6.45) is 4.17. The van der Waals surface area contributed by atoms with Crippen LogP contribution in [0.4, 0.5) is 0 Å². The fourth-order valence-corrected chi connectivity index (χ4v) is 8.32. The van der Waals surface area contributed by atoms with E-state index in [1.807, 2.05) is 0 Å². The fourth-order valence-electron chi connectivity index (χ4n) is 8.32. The molecule has 0 aliphatic heterocycles. The van der Waals surface area contributed by atoms with Gasteiger partial charge in [-0.2, -0.15) is 0 Å². The lowest BCUT2D eigenvalue weighted by Crippen LogP contribution is -2.00. The Kier molecular flexibility index (Phi) is 8.45. The van der Waals surface area contributed by atoms with Gasteiger partial charge in [0.25, 0.3) is 0 Å². The number of fused-ring (bicyclic) bond motifs is 3. The van der Waals surface area contributed by atoms with Gasteiger partial charge in [-0.1, -0.05) is 176 Å². The van der Waals surface area contributed by atoms with Crippen LogP contribution in [-0.2, 0) is 0 Å². The van der Waals surface area contributed by atoms with E-state index in [0.29, 0.717) is 17.5 Å². The number of hydrogen-bond acceptors (Lipinski definition) is 3. The molecular formula is C55H36N4. The highest BCUT2D eigenvalue weighted by Gasteiger charge is 2.16. The molecular weight excluding hydrogens is 717 g/mol. The number of hydrogen-bond donors (Lipinski definition) is 0. The maximum atomic E-state index is 5.18. The Labute approximate surface area is 342 Å². The first kappa shape index (κ1) is 34.3. The number of aromatic nitrogens is 4. The molecule has 9 aromatic carbocycles. The molecule has 2 aromatic heterocycles. The number of nitrogens with zero attached hydrogens (tertiary/aromatic N) is 4. The van der Waals surface area contributed by atoms with Crippen LogP contribution in [-0.4, -0.2) is 19.5 Å². The average Bonchev–Trinajstić information content (AvgIpc) is 3.87. The second-order valence-corrected chi connectivity index (χ2v) is 14.9. The minimum absolute atomic E-state index is 0.625. The summed E-state index contributed by atoms with van der Waals surface area (Å²) < 4.78 is 2.15. The third-order valence-electron chi connectivity index (χ3n) is 11.3. The Bertz CT molecular complexity index is 3300. The lowest BCUT2D eigenvalue weighted by molar-refractivity contribution is 1.08. The highest BCUT2D eigenvalue weighted by Crippen LogP contribution is 2.36. The van der Waals surface area contributed by atoms with Crippen molar-refractivity contribution in [3.8, 4) is 73.2 Å². The molecule has 59 heavy (non-hydrogen) atoms. The van der Waals surface area contributed by atoms with E-state index in [4.69, 9.17) is 15.0 Å². The van der Waals surface area contributed by atoms with Gasteiger partial charge < -0.3 is 4.57 Å². The topological polar surface area (TPSA) is 43.6 Å². The third-order valence-corrected chi connectivity index (χ3v) is 11.3. The Morgan fingerprint density at radius 3 is 1.44 bits per heavy atom. The molecule has 4 heteroatoms. The molecule has 0 unspecified atom stereocenters. The highest BCUT2D eigenvalue weighted by atomic mass is 15.0. The minimum atomic E-state index is 0.625. The summed E-state index contributed by atoms with van der Waals surface area (Å²) in [5, 5.41) is 7.14. The molecule has 0 saturated heterocycles. The second kappa shape index (κ2) is 14.5. The van der Waals surface area contributed by atoms with E-state index in [9.17, 15) is 0 Å². The normalized spacial score (nSPS) is 11.4. The zero-order valence-corrected chi connectivity index (χ0v) is 32.1. The van der Waals surface area contributed by atoms with Gasteiger partial charge in [0.1, 0.15) is 0 Å². The maximum absolute atomic E-state index is 5.18. The first-order valence-electron chi connectivity index (χ1n) is 19.9. The van der Waals surface area contributed by atoms with E-state index >= 15 is 0 Å². The van der Waals surface area contributed by atoms with Crippen LogP contribution in [0.15, 0.2) is 219 Å². The smallest absolute Gasteiger partial charge is 0.164 e. The zero-order valence-electron chi connectivity index (χ0n) is 32.1. The van der Waals surface area contributed by atoms with Crippen LogP contribution in [0.1, 0.15) is 0 Å². The van der Waals surface area contributed by atoms with Crippen LogP contribution >= 0.6 is 0 Å². The Balaban J connectivity index is 0.999. The van der Waals surface area contributed by atoms with Gasteiger partial charge in [-0.25, -0.2) is 15.0 Å². The largest absolute Gasteiger partial charge is 0.324 e. The lowest BCUT2D eigenvalue weighted by atomic mass is 9.96. The summed E-state index contributed by atoms with van der Waals surface area (Å²) >= 11 is 0. The predicted octanol–water partition coefficient (Wildman–Crippen LogP) is 14.1. The first-order chi connectivity index (χ1) is 29.2. The van der Waals surface area contributed by atoms with Crippen molar-refractivity contribution in [3.63, 3.8) is 0 Å². The average molecular weight is 753 g/mol. The van der Waals surface area contributed by atoms with Gasteiger partial charge in [0.2, 0.25) is 0 Å². The van der Waals surface area contributed by atoms with Crippen molar-refractivity contribution in [2.45, 2.75) is 0 Å². The summed E-state index contributed by atoms with van der Waals surface area (Å²) in [6.45, 7) is 0. The first-order valence-corrected chi connectivity index (χ1v) is 19.9. The molecule has 4 nitrogen and oxygen atoms in total. The molecule has 0 saturated carbocycles. The van der Waals surface area contributed by atoms with Crippen LogP contribution in [0.3, 0.4) is 0 Å². The summed E-state index contributed by atoms with van der Waals surface area (Å²) in [7, 11) is 0.